The molecule has 10 heteroatoms. The van der Waals surface area contributed by atoms with Crippen molar-refractivity contribution in [3.05, 3.63) is 75.1 Å². The van der Waals surface area contributed by atoms with Gasteiger partial charge in [0.25, 0.3) is 5.56 Å². The van der Waals surface area contributed by atoms with E-state index in [4.69, 9.17) is 27.9 Å². The summed E-state index contributed by atoms with van der Waals surface area (Å²) in [5.74, 6) is 1.18. The summed E-state index contributed by atoms with van der Waals surface area (Å²) in [5, 5.41) is 4.70. The van der Waals surface area contributed by atoms with Gasteiger partial charge in [-0.1, -0.05) is 43.1 Å². The van der Waals surface area contributed by atoms with E-state index >= 15 is 0 Å². The fraction of sp³-hybridized carbons (Fsp3) is 0.269. The average molecular weight is 530 g/mol. The highest BCUT2D eigenvalue weighted by Gasteiger charge is 2.16. The van der Waals surface area contributed by atoms with Crippen LogP contribution in [0.2, 0.25) is 10.0 Å². The van der Waals surface area contributed by atoms with Crippen molar-refractivity contribution in [2.24, 2.45) is 7.05 Å². The van der Waals surface area contributed by atoms with Crippen molar-refractivity contribution in [2.75, 3.05) is 31.6 Å². The second-order valence-electron chi connectivity index (χ2n) is 8.02. The number of aryl methyl sites for hydroxylation is 1. The molecule has 8 nitrogen and oxygen atoms in total. The Kier molecular flexibility index (Phi) is 9.28. The number of benzene rings is 2. The van der Waals surface area contributed by atoms with Crippen molar-refractivity contribution < 1.29 is 10.2 Å². The Labute approximate surface area is 219 Å². The van der Waals surface area contributed by atoms with E-state index in [1.165, 1.54) is 4.57 Å². The van der Waals surface area contributed by atoms with E-state index in [-0.39, 0.29) is 11.0 Å². The number of halogens is 2. The lowest BCUT2D eigenvalue weighted by Crippen LogP contribution is -2.27. The van der Waals surface area contributed by atoms with E-state index in [1.54, 1.807) is 37.5 Å². The summed E-state index contributed by atoms with van der Waals surface area (Å²) in [5.41, 5.74) is 1.96. The first-order chi connectivity index (χ1) is 16.9. The molecule has 0 radical (unpaired) electrons. The lowest BCUT2D eigenvalue weighted by atomic mass is 10.1. The van der Waals surface area contributed by atoms with Crippen molar-refractivity contribution in [3.8, 4) is 16.9 Å². The van der Waals surface area contributed by atoms with Crippen molar-refractivity contribution >= 4 is 45.9 Å². The lowest BCUT2D eigenvalue weighted by Gasteiger charge is -2.18. The summed E-state index contributed by atoms with van der Waals surface area (Å²) < 4.78 is 7.32. The van der Waals surface area contributed by atoms with Crippen LogP contribution in [0.25, 0.3) is 22.2 Å². The summed E-state index contributed by atoms with van der Waals surface area (Å²) in [4.78, 5) is 24.4. The van der Waals surface area contributed by atoms with E-state index in [9.17, 15) is 4.79 Å². The Balaban J connectivity index is 0.00000361. The predicted molar refractivity (Wildman–Crippen MR) is 147 cm³/mol. The van der Waals surface area contributed by atoms with E-state index in [1.807, 2.05) is 24.3 Å². The van der Waals surface area contributed by atoms with Gasteiger partial charge in [0.2, 0.25) is 5.95 Å². The molecule has 0 saturated heterocycles. The molecule has 0 saturated carbocycles. The minimum absolute atomic E-state index is 0. The maximum Gasteiger partial charge on any atom is 0.259 e. The van der Waals surface area contributed by atoms with Crippen LogP contribution in [0.15, 0.2) is 59.5 Å². The van der Waals surface area contributed by atoms with Crippen LogP contribution in [-0.4, -0.2) is 51.2 Å². The van der Waals surface area contributed by atoms with E-state index in [0.29, 0.717) is 44.8 Å². The molecule has 0 aliphatic heterocycles. The van der Waals surface area contributed by atoms with Crippen LogP contribution in [0, 0.1) is 0 Å². The van der Waals surface area contributed by atoms with Gasteiger partial charge in [0, 0.05) is 36.4 Å². The molecule has 2 aromatic heterocycles. The molecule has 190 valence electrons. The number of fused-ring (bicyclic) bond motifs is 1. The first-order valence-electron chi connectivity index (χ1n) is 11.4. The molecule has 0 amide bonds. The van der Waals surface area contributed by atoms with Crippen LogP contribution < -0.4 is 15.6 Å². The number of hydrogen-bond donors (Lipinski definition) is 1. The SMILES string of the molecule is CCN(CC)CCOc1ccc(Nc2ncc3cc(-c4c(Cl)cccc4Cl)c(=O)n(C)c3n2)cc1.O. The molecular formula is C26H29Cl2N5O3. The van der Waals surface area contributed by atoms with Crippen molar-refractivity contribution in [2.45, 2.75) is 13.8 Å². The van der Waals surface area contributed by atoms with Gasteiger partial charge in [-0.05, 0) is 55.6 Å². The summed E-state index contributed by atoms with van der Waals surface area (Å²) in [6, 6.07) is 14.5. The Morgan fingerprint density at radius 3 is 2.36 bits per heavy atom. The van der Waals surface area contributed by atoms with Crippen molar-refractivity contribution in [3.63, 3.8) is 0 Å². The topological polar surface area (TPSA) is 104 Å². The Morgan fingerprint density at radius 2 is 1.72 bits per heavy atom. The average Bonchev–Trinajstić information content (AvgIpc) is 2.86. The van der Waals surface area contributed by atoms with Crippen LogP contribution in [-0.2, 0) is 7.05 Å². The smallest absolute Gasteiger partial charge is 0.259 e. The molecule has 0 aliphatic rings. The van der Waals surface area contributed by atoms with Gasteiger partial charge >= 0.3 is 0 Å². The highest BCUT2D eigenvalue weighted by Crippen LogP contribution is 2.33. The number of nitrogens with one attached hydrogen (secondary N) is 1. The van der Waals surface area contributed by atoms with Gasteiger partial charge in [0.1, 0.15) is 18.0 Å². The maximum atomic E-state index is 13.1. The number of anilines is 2. The monoisotopic (exact) mass is 529 g/mol. The maximum absolute atomic E-state index is 13.1. The Morgan fingerprint density at radius 1 is 1.06 bits per heavy atom. The van der Waals surface area contributed by atoms with Gasteiger partial charge in [-0.15, -0.1) is 0 Å². The second-order valence-corrected chi connectivity index (χ2v) is 8.83. The van der Waals surface area contributed by atoms with E-state index in [2.05, 4.69) is 34.0 Å². The molecule has 2 aromatic carbocycles. The fourth-order valence-corrected chi connectivity index (χ4v) is 4.44. The molecule has 0 atom stereocenters. The fourth-order valence-electron chi connectivity index (χ4n) is 3.84. The predicted octanol–water partition coefficient (Wildman–Crippen LogP) is 4.94. The standard InChI is InChI=1S/C26H27Cl2N5O2.H2O/c1-4-33(5-2)13-14-35-19-11-9-18(10-12-19)30-26-29-16-17-15-20(25(34)32(3)24(17)31-26)23-21(27)7-6-8-22(23)28;/h6-12,15-16H,4-5,13-14H2,1-3H3,(H,29,30,31);1H2. The zero-order valence-corrected chi connectivity index (χ0v) is 21.9. The third-order valence-corrected chi connectivity index (χ3v) is 6.49. The van der Waals surface area contributed by atoms with Gasteiger partial charge < -0.3 is 20.4 Å². The Bertz CT molecular complexity index is 1370. The first-order valence-corrected chi connectivity index (χ1v) is 12.2. The molecule has 4 aromatic rings. The number of likely N-dealkylation sites (N-methyl/N-ethyl adjacent to an activating group) is 1. The molecule has 0 unspecified atom stereocenters. The molecule has 0 spiro atoms. The molecule has 2 heterocycles. The van der Waals surface area contributed by atoms with Gasteiger partial charge in [-0.2, -0.15) is 4.98 Å². The number of pyridine rings is 1. The van der Waals surface area contributed by atoms with Crippen molar-refractivity contribution in [1.82, 2.24) is 19.4 Å². The summed E-state index contributed by atoms with van der Waals surface area (Å²) in [6.45, 7) is 7.83. The second kappa shape index (κ2) is 12.2. The molecule has 0 bridgehead atoms. The molecule has 0 aliphatic carbocycles. The minimum Gasteiger partial charge on any atom is -0.492 e. The molecule has 36 heavy (non-hydrogen) atoms. The largest absolute Gasteiger partial charge is 0.492 e. The molecule has 3 N–H and O–H groups in total. The molecular weight excluding hydrogens is 501 g/mol. The zero-order chi connectivity index (χ0) is 24.9. The summed E-state index contributed by atoms with van der Waals surface area (Å²) >= 11 is 12.7. The quantitative estimate of drug-likeness (QED) is 0.329. The third-order valence-electron chi connectivity index (χ3n) is 5.86. The van der Waals surface area contributed by atoms with Gasteiger partial charge in [-0.3, -0.25) is 9.36 Å². The third kappa shape index (κ3) is 5.96. The van der Waals surface area contributed by atoms with Gasteiger partial charge in [0.15, 0.2) is 0 Å². The number of rotatable bonds is 9. The number of ether oxygens (including phenoxy) is 1. The van der Waals surface area contributed by atoms with Crippen LogP contribution in [0.3, 0.4) is 0 Å². The minimum atomic E-state index is -0.247. The van der Waals surface area contributed by atoms with Gasteiger partial charge in [-0.25, -0.2) is 4.98 Å². The van der Waals surface area contributed by atoms with Crippen LogP contribution in [0.1, 0.15) is 13.8 Å². The van der Waals surface area contributed by atoms with E-state index in [0.717, 1.165) is 31.1 Å². The highest BCUT2D eigenvalue weighted by molar-refractivity contribution is 6.39. The number of aromatic nitrogens is 3. The first kappa shape index (κ1) is 27.4. The van der Waals surface area contributed by atoms with Gasteiger partial charge in [0.05, 0.1) is 15.6 Å². The lowest BCUT2D eigenvalue weighted by molar-refractivity contribution is 0.223. The summed E-state index contributed by atoms with van der Waals surface area (Å²) in [7, 11) is 1.67. The van der Waals surface area contributed by atoms with Crippen LogP contribution >= 0.6 is 23.2 Å². The number of hydrogen-bond acceptors (Lipinski definition) is 6. The molecule has 0 fully saturated rings. The van der Waals surface area contributed by atoms with Crippen LogP contribution in [0.4, 0.5) is 11.6 Å². The van der Waals surface area contributed by atoms with E-state index < -0.39 is 0 Å². The normalized spacial score (nSPS) is 10.9. The zero-order valence-electron chi connectivity index (χ0n) is 20.4. The van der Waals surface area contributed by atoms with Crippen LogP contribution in [0.5, 0.6) is 5.75 Å². The van der Waals surface area contributed by atoms with Crippen molar-refractivity contribution in [1.29, 1.82) is 0 Å². The Hall–Kier alpha value is -3.17. The molecule has 4 rings (SSSR count). The highest BCUT2D eigenvalue weighted by atomic mass is 35.5. The summed E-state index contributed by atoms with van der Waals surface area (Å²) in [6.07, 6.45) is 1.67. The number of nitrogens with zero attached hydrogens (tertiary/aromatic N) is 4.